The predicted octanol–water partition coefficient (Wildman–Crippen LogP) is 1.25. The smallest absolute Gasteiger partial charge is 0.326 e. The van der Waals surface area contributed by atoms with Crippen molar-refractivity contribution in [2.75, 3.05) is 0 Å². The van der Waals surface area contributed by atoms with Crippen LogP contribution in [0.25, 0.3) is 5.65 Å². The van der Waals surface area contributed by atoms with Crippen LogP contribution in [0.5, 0.6) is 0 Å². The number of rotatable bonds is 6. The Morgan fingerprint density at radius 1 is 1.43 bits per heavy atom. The van der Waals surface area contributed by atoms with Gasteiger partial charge in [-0.3, -0.25) is 4.79 Å². The van der Waals surface area contributed by atoms with Crippen molar-refractivity contribution in [3.05, 3.63) is 36.3 Å². The van der Waals surface area contributed by atoms with Crippen LogP contribution in [0.4, 0.5) is 0 Å². The van der Waals surface area contributed by atoms with Crippen LogP contribution in [-0.4, -0.2) is 32.4 Å². The molecule has 0 bridgehead atoms. The van der Waals surface area contributed by atoms with Crippen LogP contribution in [0, 0.1) is 5.92 Å². The third-order valence-electron chi connectivity index (χ3n) is 3.65. The average molecular weight is 287 g/mol. The second-order valence-electron chi connectivity index (χ2n) is 5.51. The second-order valence-corrected chi connectivity index (χ2v) is 5.51. The van der Waals surface area contributed by atoms with E-state index in [9.17, 15) is 9.59 Å². The van der Waals surface area contributed by atoms with Gasteiger partial charge in [0.25, 0.3) is 0 Å². The van der Waals surface area contributed by atoms with Gasteiger partial charge >= 0.3 is 5.97 Å². The number of nitrogens with zero attached hydrogens (tertiary/aromatic N) is 2. The minimum absolute atomic E-state index is 0.0934. The van der Waals surface area contributed by atoms with E-state index in [4.69, 9.17) is 5.11 Å². The van der Waals surface area contributed by atoms with Crippen molar-refractivity contribution in [1.29, 1.82) is 0 Å². The predicted molar refractivity (Wildman–Crippen MR) is 75.8 cm³/mol. The Hall–Kier alpha value is -2.37. The van der Waals surface area contributed by atoms with E-state index >= 15 is 0 Å². The number of carboxylic acids is 1. The molecule has 1 aliphatic rings. The first-order chi connectivity index (χ1) is 10.1. The summed E-state index contributed by atoms with van der Waals surface area (Å²) in [7, 11) is 0. The summed E-state index contributed by atoms with van der Waals surface area (Å²) in [5.41, 5.74) is 1.40. The molecule has 21 heavy (non-hydrogen) atoms. The summed E-state index contributed by atoms with van der Waals surface area (Å²) in [6.07, 6.45) is 6.38. The van der Waals surface area contributed by atoms with Gasteiger partial charge in [-0.05, 0) is 24.5 Å². The Kier molecular flexibility index (Phi) is 3.60. The van der Waals surface area contributed by atoms with Gasteiger partial charge in [0.1, 0.15) is 11.7 Å². The first-order valence-corrected chi connectivity index (χ1v) is 7.06. The molecule has 1 saturated carbocycles. The van der Waals surface area contributed by atoms with Crippen LogP contribution < -0.4 is 5.32 Å². The van der Waals surface area contributed by atoms with E-state index in [0.29, 0.717) is 18.0 Å². The topological polar surface area (TPSA) is 83.7 Å². The number of fused-ring (bicyclic) bond motifs is 1. The molecule has 1 fully saturated rings. The van der Waals surface area contributed by atoms with Crippen LogP contribution in [0.15, 0.2) is 30.6 Å². The monoisotopic (exact) mass is 287 g/mol. The molecule has 2 aromatic rings. The number of carboxylic acid groups (broad SMARTS) is 1. The van der Waals surface area contributed by atoms with E-state index in [1.165, 1.54) is 0 Å². The fourth-order valence-corrected chi connectivity index (χ4v) is 2.39. The molecule has 3 rings (SSSR count). The van der Waals surface area contributed by atoms with Gasteiger partial charge in [0.2, 0.25) is 5.91 Å². The normalized spacial score (nSPS) is 15.8. The maximum absolute atomic E-state index is 12.0. The standard InChI is InChI=1S/C15H17N3O3/c19-14(17-12(15(20)21)7-10-4-5-10)8-11-9-18-6-2-1-3-13(18)16-11/h1-3,6,9-10,12H,4-5,7-8H2,(H,17,19)(H,20,21). The highest BCUT2D eigenvalue weighted by atomic mass is 16.4. The largest absolute Gasteiger partial charge is 0.480 e. The number of imidazole rings is 1. The highest BCUT2D eigenvalue weighted by molar-refractivity contribution is 5.84. The van der Waals surface area contributed by atoms with Crippen molar-refractivity contribution in [2.45, 2.75) is 31.7 Å². The molecule has 1 atom stereocenters. The molecule has 0 saturated heterocycles. The maximum atomic E-state index is 12.0. The van der Waals surface area contributed by atoms with Gasteiger partial charge in [-0.25, -0.2) is 9.78 Å². The molecule has 0 radical (unpaired) electrons. The molecule has 6 nitrogen and oxygen atoms in total. The fraction of sp³-hybridized carbons (Fsp3) is 0.400. The lowest BCUT2D eigenvalue weighted by molar-refractivity contribution is -0.142. The van der Waals surface area contributed by atoms with Crippen molar-refractivity contribution in [3.8, 4) is 0 Å². The SMILES string of the molecule is O=C(Cc1cn2ccccc2n1)NC(CC1CC1)C(=O)O. The Balaban J connectivity index is 1.63. The summed E-state index contributed by atoms with van der Waals surface area (Å²) in [5, 5.41) is 11.7. The molecule has 2 heterocycles. The third kappa shape index (κ3) is 3.39. The van der Waals surface area contributed by atoms with Crippen molar-refractivity contribution >= 4 is 17.5 Å². The van der Waals surface area contributed by atoms with Gasteiger partial charge in [0.15, 0.2) is 0 Å². The number of hydrogen-bond donors (Lipinski definition) is 2. The highest BCUT2D eigenvalue weighted by Gasteiger charge is 2.30. The van der Waals surface area contributed by atoms with Crippen molar-refractivity contribution in [2.24, 2.45) is 5.92 Å². The van der Waals surface area contributed by atoms with E-state index in [0.717, 1.165) is 18.5 Å². The number of aromatic nitrogens is 2. The zero-order valence-corrected chi connectivity index (χ0v) is 11.5. The van der Waals surface area contributed by atoms with Gasteiger partial charge in [0.05, 0.1) is 12.1 Å². The number of nitrogens with one attached hydrogen (secondary N) is 1. The molecule has 0 aromatic carbocycles. The summed E-state index contributed by atoms with van der Waals surface area (Å²) in [6, 6.07) is 4.83. The summed E-state index contributed by atoms with van der Waals surface area (Å²) in [5.74, 6) is -0.821. The molecule has 1 unspecified atom stereocenters. The minimum Gasteiger partial charge on any atom is -0.480 e. The van der Waals surface area contributed by atoms with E-state index in [1.807, 2.05) is 28.8 Å². The number of hydrogen-bond acceptors (Lipinski definition) is 3. The number of carbonyl (C=O) groups excluding carboxylic acids is 1. The van der Waals surface area contributed by atoms with Crippen molar-refractivity contribution < 1.29 is 14.7 Å². The van der Waals surface area contributed by atoms with E-state index < -0.39 is 12.0 Å². The first-order valence-electron chi connectivity index (χ1n) is 7.06. The number of amides is 1. The Bertz CT molecular complexity index is 643. The molecule has 1 amide bonds. The summed E-state index contributed by atoms with van der Waals surface area (Å²) in [4.78, 5) is 27.5. The van der Waals surface area contributed by atoms with Gasteiger partial charge < -0.3 is 14.8 Å². The summed E-state index contributed by atoms with van der Waals surface area (Å²) < 4.78 is 1.83. The van der Waals surface area contributed by atoms with Crippen LogP contribution in [0.2, 0.25) is 0 Å². The molecule has 110 valence electrons. The molecule has 0 aliphatic heterocycles. The molecular weight excluding hydrogens is 270 g/mol. The van der Waals surface area contributed by atoms with E-state index in [1.54, 1.807) is 6.20 Å². The Morgan fingerprint density at radius 3 is 2.90 bits per heavy atom. The van der Waals surface area contributed by atoms with Crippen LogP contribution in [0.1, 0.15) is 25.0 Å². The Labute approximate surface area is 121 Å². The summed E-state index contributed by atoms with van der Waals surface area (Å²) in [6.45, 7) is 0. The molecule has 6 heteroatoms. The zero-order chi connectivity index (χ0) is 14.8. The zero-order valence-electron chi connectivity index (χ0n) is 11.5. The highest BCUT2D eigenvalue weighted by Crippen LogP contribution is 2.33. The van der Waals surface area contributed by atoms with Gasteiger partial charge in [0, 0.05) is 12.4 Å². The first kappa shape index (κ1) is 13.6. The number of pyridine rings is 1. The lowest BCUT2D eigenvalue weighted by atomic mass is 10.1. The Morgan fingerprint density at radius 2 is 2.24 bits per heavy atom. The third-order valence-corrected chi connectivity index (χ3v) is 3.65. The van der Waals surface area contributed by atoms with Crippen LogP contribution >= 0.6 is 0 Å². The lowest BCUT2D eigenvalue weighted by Gasteiger charge is -2.13. The van der Waals surface area contributed by atoms with E-state index in [2.05, 4.69) is 10.3 Å². The van der Waals surface area contributed by atoms with Gasteiger partial charge in [-0.1, -0.05) is 18.9 Å². The molecule has 1 aliphatic carbocycles. The molecule has 2 N–H and O–H groups in total. The summed E-state index contributed by atoms with van der Waals surface area (Å²) >= 11 is 0. The van der Waals surface area contributed by atoms with E-state index in [-0.39, 0.29) is 12.3 Å². The quantitative estimate of drug-likeness (QED) is 0.837. The molecular formula is C15H17N3O3. The molecule has 2 aromatic heterocycles. The van der Waals surface area contributed by atoms with Crippen LogP contribution in [0.3, 0.4) is 0 Å². The number of carbonyl (C=O) groups is 2. The second kappa shape index (κ2) is 5.55. The average Bonchev–Trinajstić information content (AvgIpc) is 3.15. The van der Waals surface area contributed by atoms with Crippen molar-refractivity contribution in [3.63, 3.8) is 0 Å². The van der Waals surface area contributed by atoms with Crippen LogP contribution in [-0.2, 0) is 16.0 Å². The van der Waals surface area contributed by atoms with Gasteiger partial charge in [-0.2, -0.15) is 0 Å². The lowest BCUT2D eigenvalue weighted by Crippen LogP contribution is -2.41. The van der Waals surface area contributed by atoms with Crippen molar-refractivity contribution in [1.82, 2.24) is 14.7 Å². The minimum atomic E-state index is -0.967. The fourth-order valence-electron chi connectivity index (χ4n) is 2.39. The maximum Gasteiger partial charge on any atom is 0.326 e. The van der Waals surface area contributed by atoms with Gasteiger partial charge in [-0.15, -0.1) is 0 Å². The number of aliphatic carboxylic acids is 1. The molecule has 0 spiro atoms.